The first-order valence-electron chi connectivity index (χ1n) is 6.52. The van der Waals surface area contributed by atoms with Crippen molar-refractivity contribution in [2.24, 2.45) is 0 Å². The molecule has 1 aromatic rings. The van der Waals surface area contributed by atoms with Crippen LogP contribution in [0.15, 0.2) is 24.3 Å². The van der Waals surface area contributed by atoms with Gasteiger partial charge in [0.1, 0.15) is 0 Å². The molecule has 3 nitrogen and oxygen atoms in total. The molecule has 0 radical (unpaired) electrons. The van der Waals surface area contributed by atoms with Crippen LogP contribution >= 0.6 is 0 Å². The van der Waals surface area contributed by atoms with Crippen molar-refractivity contribution in [1.82, 2.24) is 5.32 Å². The number of anilines is 1. The van der Waals surface area contributed by atoms with Crippen LogP contribution in [0.25, 0.3) is 0 Å². The molecule has 1 aromatic carbocycles. The van der Waals surface area contributed by atoms with E-state index in [4.69, 9.17) is 5.73 Å². The van der Waals surface area contributed by atoms with Gasteiger partial charge in [-0.3, -0.25) is 0 Å². The van der Waals surface area contributed by atoms with Crippen molar-refractivity contribution >= 4 is 5.69 Å². The summed E-state index contributed by atoms with van der Waals surface area (Å²) < 4.78 is 0. The Hall–Kier alpha value is -1.06. The van der Waals surface area contributed by atoms with Crippen LogP contribution in [0.3, 0.4) is 0 Å². The largest absolute Gasteiger partial charge is 0.399 e. The lowest BCUT2D eigenvalue weighted by molar-refractivity contribution is 0.165. The molecule has 1 aliphatic carbocycles. The lowest BCUT2D eigenvalue weighted by Crippen LogP contribution is -2.27. The fourth-order valence-corrected chi connectivity index (χ4v) is 2.49. The third kappa shape index (κ3) is 3.72. The quantitative estimate of drug-likeness (QED) is 0.685. The molecule has 94 valence electrons. The van der Waals surface area contributed by atoms with Gasteiger partial charge in [0.15, 0.2) is 0 Å². The fourth-order valence-electron chi connectivity index (χ4n) is 2.49. The standard InChI is InChI=1S/C14H22N2O/c15-12-5-3-4-11(10-12)14(17)8-9-16-13-6-1-2-7-13/h3-5,10,13-14,16-17H,1-2,6-9,15H2. The average Bonchev–Trinajstić information content (AvgIpc) is 2.82. The van der Waals surface area contributed by atoms with E-state index >= 15 is 0 Å². The first-order valence-corrected chi connectivity index (χ1v) is 6.52. The summed E-state index contributed by atoms with van der Waals surface area (Å²) in [5.41, 5.74) is 7.33. The van der Waals surface area contributed by atoms with E-state index in [0.29, 0.717) is 11.7 Å². The Kier molecular flexibility index (Phi) is 4.40. The summed E-state index contributed by atoms with van der Waals surface area (Å²) in [5.74, 6) is 0. The van der Waals surface area contributed by atoms with Crippen molar-refractivity contribution in [1.29, 1.82) is 0 Å². The Labute approximate surface area is 103 Å². The van der Waals surface area contributed by atoms with E-state index in [2.05, 4.69) is 5.32 Å². The van der Waals surface area contributed by atoms with Crippen molar-refractivity contribution in [2.45, 2.75) is 44.2 Å². The second-order valence-electron chi connectivity index (χ2n) is 4.91. The van der Waals surface area contributed by atoms with E-state index in [-0.39, 0.29) is 0 Å². The maximum Gasteiger partial charge on any atom is 0.0802 e. The Morgan fingerprint density at radius 3 is 2.82 bits per heavy atom. The first kappa shape index (κ1) is 12.4. The first-order chi connectivity index (χ1) is 8.25. The van der Waals surface area contributed by atoms with Gasteiger partial charge in [0.25, 0.3) is 0 Å². The lowest BCUT2D eigenvalue weighted by atomic mass is 10.1. The van der Waals surface area contributed by atoms with Crippen LogP contribution in [-0.4, -0.2) is 17.7 Å². The normalized spacial score (nSPS) is 18.4. The molecule has 1 atom stereocenters. The molecule has 1 fully saturated rings. The molecule has 0 bridgehead atoms. The molecule has 1 aliphatic rings. The van der Waals surface area contributed by atoms with Gasteiger partial charge in [-0.1, -0.05) is 25.0 Å². The van der Waals surface area contributed by atoms with Gasteiger partial charge in [0, 0.05) is 11.7 Å². The summed E-state index contributed by atoms with van der Waals surface area (Å²) >= 11 is 0. The van der Waals surface area contributed by atoms with Gasteiger partial charge in [0.2, 0.25) is 0 Å². The van der Waals surface area contributed by atoms with Crippen molar-refractivity contribution in [3.8, 4) is 0 Å². The minimum absolute atomic E-state index is 0.410. The Morgan fingerprint density at radius 1 is 1.35 bits per heavy atom. The van der Waals surface area contributed by atoms with Gasteiger partial charge in [-0.15, -0.1) is 0 Å². The second-order valence-corrected chi connectivity index (χ2v) is 4.91. The average molecular weight is 234 g/mol. The summed E-state index contributed by atoms with van der Waals surface area (Å²) in [6, 6.07) is 8.17. The van der Waals surface area contributed by atoms with E-state index < -0.39 is 6.10 Å². The summed E-state index contributed by atoms with van der Waals surface area (Å²) in [6.07, 6.45) is 5.60. The number of rotatable bonds is 5. The minimum Gasteiger partial charge on any atom is -0.399 e. The highest BCUT2D eigenvalue weighted by Gasteiger charge is 2.14. The number of hydrogen-bond acceptors (Lipinski definition) is 3. The molecule has 0 aromatic heterocycles. The smallest absolute Gasteiger partial charge is 0.0802 e. The Bertz CT molecular complexity index is 348. The fraction of sp³-hybridized carbons (Fsp3) is 0.571. The van der Waals surface area contributed by atoms with E-state index in [1.807, 2.05) is 24.3 Å². The van der Waals surface area contributed by atoms with Crippen LogP contribution in [0.2, 0.25) is 0 Å². The number of nitrogens with one attached hydrogen (secondary N) is 1. The van der Waals surface area contributed by atoms with Crippen LogP contribution in [0.4, 0.5) is 5.69 Å². The van der Waals surface area contributed by atoms with Gasteiger partial charge >= 0.3 is 0 Å². The molecule has 4 N–H and O–H groups in total. The molecule has 1 unspecified atom stereocenters. The maximum absolute atomic E-state index is 10.0. The van der Waals surface area contributed by atoms with Crippen LogP contribution in [0.5, 0.6) is 0 Å². The highest BCUT2D eigenvalue weighted by molar-refractivity contribution is 5.41. The summed E-state index contributed by atoms with van der Waals surface area (Å²) in [7, 11) is 0. The predicted octanol–water partition coefficient (Wildman–Crippen LogP) is 2.22. The molecule has 0 saturated heterocycles. The SMILES string of the molecule is Nc1cccc(C(O)CCNC2CCCC2)c1. The highest BCUT2D eigenvalue weighted by atomic mass is 16.3. The van der Waals surface area contributed by atoms with Crippen molar-refractivity contribution in [3.05, 3.63) is 29.8 Å². The number of benzene rings is 1. The number of nitrogens with two attached hydrogens (primary N) is 1. The van der Waals surface area contributed by atoms with E-state index in [0.717, 1.165) is 18.5 Å². The van der Waals surface area contributed by atoms with Crippen LogP contribution in [-0.2, 0) is 0 Å². The monoisotopic (exact) mass is 234 g/mol. The van der Waals surface area contributed by atoms with Gasteiger partial charge in [-0.2, -0.15) is 0 Å². The Balaban J connectivity index is 1.74. The Morgan fingerprint density at radius 2 is 2.12 bits per heavy atom. The molecule has 0 aliphatic heterocycles. The van der Waals surface area contributed by atoms with Gasteiger partial charge in [0.05, 0.1) is 6.10 Å². The molecule has 1 saturated carbocycles. The van der Waals surface area contributed by atoms with Gasteiger partial charge in [-0.25, -0.2) is 0 Å². The molecule has 0 spiro atoms. The van der Waals surface area contributed by atoms with E-state index in [9.17, 15) is 5.11 Å². The molecule has 0 amide bonds. The third-order valence-electron chi connectivity index (χ3n) is 3.50. The molecule has 3 heteroatoms. The summed E-state index contributed by atoms with van der Waals surface area (Å²) in [4.78, 5) is 0. The number of aliphatic hydroxyl groups is 1. The van der Waals surface area contributed by atoms with E-state index in [1.165, 1.54) is 25.7 Å². The molecule has 17 heavy (non-hydrogen) atoms. The highest BCUT2D eigenvalue weighted by Crippen LogP contribution is 2.20. The molecular formula is C14H22N2O. The topological polar surface area (TPSA) is 58.3 Å². The summed E-state index contributed by atoms with van der Waals surface area (Å²) in [5, 5.41) is 13.5. The van der Waals surface area contributed by atoms with Gasteiger partial charge < -0.3 is 16.2 Å². The summed E-state index contributed by atoms with van der Waals surface area (Å²) in [6.45, 7) is 0.876. The van der Waals surface area contributed by atoms with Crippen LogP contribution < -0.4 is 11.1 Å². The van der Waals surface area contributed by atoms with Crippen molar-refractivity contribution in [3.63, 3.8) is 0 Å². The second kappa shape index (κ2) is 6.03. The molecular weight excluding hydrogens is 212 g/mol. The molecule has 2 rings (SSSR count). The van der Waals surface area contributed by atoms with E-state index in [1.54, 1.807) is 0 Å². The molecule has 0 heterocycles. The van der Waals surface area contributed by atoms with Crippen molar-refractivity contribution < 1.29 is 5.11 Å². The number of aliphatic hydroxyl groups excluding tert-OH is 1. The van der Waals surface area contributed by atoms with Crippen LogP contribution in [0.1, 0.15) is 43.8 Å². The number of nitrogen functional groups attached to an aromatic ring is 1. The van der Waals surface area contributed by atoms with Crippen molar-refractivity contribution in [2.75, 3.05) is 12.3 Å². The number of hydrogen-bond donors (Lipinski definition) is 3. The maximum atomic E-state index is 10.0. The zero-order valence-electron chi connectivity index (χ0n) is 10.2. The zero-order chi connectivity index (χ0) is 12.1. The lowest BCUT2D eigenvalue weighted by Gasteiger charge is -2.15. The van der Waals surface area contributed by atoms with Gasteiger partial charge in [-0.05, 0) is 43.5 Å². The minimum atomic E-state index is -0.410. The predicted molar refractivity (Wildman–Crippen MR) is 70.7 cm³/mol. The van der Waals surface area contributed by atoms with Crippen LogP contribution in [0, 0.1) is 0 Å². The zero-order valence-corrected chi connectivity index (χ0v) is 10.2. The third-order valence-corrected chi connectivity index (χ3v) is 3.50.